The molecule has 0 bridgehead atoms. The maximum atomic E-state index is 11.4. The predicted octanol–water partition coefficient (Wildman–Crippen LogP) is 0.837. The third kappa shape index (κ3) is 1.89. The number of aryl methyl sites for hydroxylation is 2. The standard InChI is InChI=1S/C12H15N3O2/c1-8-13-10-6-9(15(3)12(17)7-16)4-5-11(10)14(8)2/h4-6,16H,7H2,1-3H3. The van der Waals surface area contributed by atoms with E-state index in [1.165, 1.54) is 4.90 Å². The highest BCUT2D eigenvalue weighted by molar-refractivity contribution is 5.95. The summed E-state index contributed by atoms with van der Waals surface area (Å²) in [6.45, 7) is 1.44. The molecule has 1 heterocycles. The van der Waals surface area contributed by atoms with Gasteiger partial charge in [0.2, 0.25) is 0 Å². The molecule has 0 unspecified atom stereocenters. The van der Waals surface area contributed by atoms with E-state index in [0.717, 1.165) is 22.5 Å². The van der Waals surface area contributed by atoms with Crippen molar-refractivity contribution < 1.29 is 9.90 Å². The van der Waals surface area contributed by atoms with Crippen LogP contribution in [-0.2, 0) is 11.8 Å². The van der Waals surface area contributed by atoms with Crippen LogP contribution in [0.25, 0.3) is 11.0 Å². The van der Waals surface area contributed by atoms with Crippen LogP contribution in [0.4, 0.5) is 5.69 Å². The van der Waals surface area contributed by atoms with Gasteiger partial charge in [0.05, 0.1) is 11.0 Å². The zero-order chi connectivity index (χ0) is 12.6. The van der Waals surface area contributed by atoms with Crippen molar-refractivity contribution in [3.05, 3.63) is 24.0 Å². The molecule has 0 saturated carbocycles. The average Bonchev–Trinajstić information content (AvgIpc) is 2.62. The molecular weight excluding hydrogens is 218 g/mol. The van der Waals surface area contributed by atoms with Gasteiger partial charge in [-0.3, -0.25) is 4.79 Å². The van der Waals surface area contributed by atoms with Gasteiger partial charge in [-0.15, -0.1) is 0 Å². The Morgan fingerprint density at radius 1 is 1.53 bits per heavy atom. The predicted molar refractivity (Wildman–Crippen MR) is 65.9 cm³/mol. The third-order valence-electron chi connectivity index (χ3n) is 2.98. The fourth-order valence-corrected chi connectivity index (χ4v) is 1.77. The Kier molecular flexibility index (Phi) is 2.85. The molecule has 0 aliphatic rings. The number of aromatic nitrogens is 2. The maximum Gasteiger partial charge on any atom is 0.252 e. The first-order valence-electron chi connectivity index (χ1n) is 5.35. The molecule has 0 saturated heterocycles. The summed E-state index contributed by atoms with van der Waals surface area (Å²) in [7, 11) is 3.59. The summed E-state index contributed by atoms with van der Waals surface area (Å²) >= 11 is 0. The van der Waals surface area contributed by atoms with Crippen LogP contribution in [0.1, 0.15) is 5.82 Å². The van der Waals surface area contributed by atoms with Crippen molar-refractivity contribution >= 4 is 22.6 Å². The minimum atomic E-state index is -0.490. The first-order chi connectivity index (χ1) is 8.04. The number of imidazole rings is 1. The van der Waals surface area contributed by atoms with E-state index in [1.54, 1.807) is 7.05 Å². The summed E-state index contributed by atoms with van der Waals surface area (Å²) in [4.78, 5) is 17.2. The number of hydrogen-bond acceptors (Lipinski definition) is 3. The number of benzene rings is 1. The molecule has 0 radical (unpaired) electrons. The normalized spacial score (nSPS) is 10.8. The van der Waals surface area contributed by atoms with Gasteiger partial charge in [-0.1, -0.05) is 0 Å². The van der Waals surface area contributed by atoms with Crippen molar-refractivity contribution in [2.75, 3.05) is 18.6 Å². The number of aliphatic hydroxyl groups is 1. The summed E-state index contributed by atoms with van der Waals surface area (Å²) in [5.41, 5.74) is 2.60. The van der Waals surface area contributed by atoms with Gasteiger partial charge in [-0.05, 0) is 25.1 Å². The Morgan fingerprint density at radius 3 is 2.88 bits per heavy atom. The van der Waals surface area contributed by atoms with E-state index in [9.17, 15) is 4.79 Å². The molecule has 1 aromatic heterocycles. The summed E-state index contributed by atoms with van der Waals surface area (Å²) in [5, 5.41) is 8.82. The zero-order valence-corrected chi connectivity index (χ0v) is 10.1. The lowest BCUT2D eigenvalue weighted by Gasteiger charge is -2.15. The zero-order valence-electron chi connectivity index (χ0n) is 10.1. The monoisotopic (exact) mass is 233 g/mol. The van der Waals surface area contributed by atoms with E-state index in [2.05, 4.69) is 4.98 Å². The number of nitrogens with zero attached hydrogens (tertiary/aromatic N) is 3. The average molecular weight is 233 g/mol. The van der Waals surface area contributed by atoms with Gasteiger partial charge in [0, 0.05) is 19.8 Å². The van der Waals surface area contributed by atoms with Gasteiger partial charge in [-0.25, -0.2) is 4.98 Å². The van der Waals surface area contributed by atoms with E-state index in [-0.39, 0.29) is 5.91 Å². The quantitative estimate of drug-likeness (QED) is 0.836. The van der Waals surface area contributed by atoms with Crippen molar-refractivity contribution in [2.24, 2.45) is 7.05 Å². The van der Waals surface area contributed by atoms with Gasteiger partial charge in [-0.2, -0.15) is 0 Å². The molecule has 2 aromatic rings. The topological polar surface area (TPSA) is 58.4 Å². The van der Waals surface area contributed by atoms with Crippen LogP contribution in [0.2, 0.25) is 0 Å². The van der Waals surface area contributed by atoms with Crippen LogP contribution in [0.15, 0.2) is 18.2 Å². The molecule has 0 spiro atoms. The van der Waals surface area contributed by atoms with Crippen LogP contribution in [0, 0.1) is 6.92 Å². The highest BCUT2D eigenvalue weighted by Crippen LogP contribution is 2.21. The summed E-state index contributed by atoms with van der Waals surface area (Å²) in [6.07, 6.45) is 0. The van der Waals surface area contributed by atoms with Crippen LogP contribution < -0.4 is 4.90 Å². The summed E-state index contributed by atoms with van der Waals surface area (Å²) < 4.78 is 1.99. The molecule has 1 amide bonds. The number of rotatable bonds is 2. The number of amides is 1. The second-order valence-electron chi connectivity index (χ2n) is 4.00. The number of aliphatic hydroxyl groups excluding tert-OH is 1. The fraction of sp³-hybridized carbons (Fsp3) is 0.333. The molecule has 5 heteroatoms. The molecule has 17 heavy (non-hydrogen) atoms. The summed E-state index contributed by atoms with van der Waals surface area (Å²) in [6, 6.07) is 5.61. The number of fused-ring (bicyclic) bond motifs is 1. The second kappa shape index (κ2) is 4.18. The second-order valence-corrected chi connectivity index (χ2v) is 4.00. The van der Waals surface area contributed by atoms with Crippen molar-refractivity contribution in [1.29, 1.82) is 0 Å². The van der Waals surface area contributed by atoms with E-state index in [4.69, 9.17) is 5.11 Å². The minimum Gasteiger partial charge on any atom is -0.387 e. The van der Waals surface area contributed by atoms with Crippen molar-refractivity contribution in [2.45, 2.75) is 6.92 Å². The van der Waals surface area contributed by atoms with Gasteiger partial charge in [0.25, 0.3) is 5.91 Å². The Labute approximate surface area is 99.3 Å². The number of likely N-dealkylation sites (N-methyl/N-ethyl adjacent to an activating group) is 1. The highest BCUT2D eigenvalue weighted by Gasteiger charge is 2.11. The first kappa shape index (κ1) is 11.6. The molecule has 0 aliphatic heterocycles. The summed E-state index contributed by atoms with van der Waals surface area (Å²) in [5.74, 6) is 0.588. The molecule has 1 N–H and O–H groups in total. The van der Waals surface area contributed by atoms with Gasteiger partial charge in [0.1, 0.15) is 12.4 Å². The van der Waals surface area contributed by atoms with Crippen LogP contribution >= 0.6 is 0 Å². The highest BCUT2D eigenvalue weighted by atomic mass is 16.3. The van der Waals surface area contributed by atoms with Crippen molar-refractivity contribution in [3.63, 3.8) is 0 Å². The van der Waals surface area contributed by atoms with Crippen LogP contribution in [-0.4, -0.2) is 34.2 Å². The molecule has 5 nitrogen and oxygen atoms in total. The maximum absolute atomic E-state index is 11.4. The fourth-order valence-electron chi connectivity index (χ4n) is 1.77. The lowest BCUT2D eigenvalue weighted by molar-refractivity contribution is -0.120. The Balaban J connectivity index is 2.48. The molecule has 0 aliphatic carbocycles. The first-order valence-corrected chi connectivity index (χ1v) is 5.35. The molecule has 2 rings (SSSR count). The number of carbonyl (C=O) groups is 1. The van der Waals surface area contributed by atoms with Crippen molar-refractivity contribution in [1.82, 2.24) is 9.55 Å². The van der Waals surface area contributed by atoms with E-state index < -0.39 is 6.61 Å². The third-order valence-corrected chi connectivity index (χ3v) is 2.98. The molecular formula is C12H15N3O2. The lowest BCUT2D eigenvalue weighted by Crippen LogP contribution is -2.28. The molecule has 0 fully saturated rings. The smallest absolute Gasteiger partial charge is 0.252 e. The van der Waals surface area contributed by atoms with E-state index in [1.807, 2.05) is 36.7 Å². The SMILES string of the molecule is Cc1nc2cc(N(C)C(=O)CO)ccc2n1C. The van der Waals surface area contributed by atoms with Gasteiger partial charge >= 0.3 is 0 Å². The largest absolute Gasteiger partial charge is 0.387 e. The number of anilines is 1. The van der Waals surface area contributed by atoms with Crippen molar-refractivity contribution in [3.8, 4) is 0 Å². The van der Waals surface area contributed by atoms with Crippen LogP contribution in [0.3, 0.4) is 0 Å². The van der Waals surface area contributed by atoms with Gasteiger partial charge in [0.15, 0.2) is 0 Å². The van der Waals surface area contributed by atoms with Gasteiger partial charge < -0.3 is 14.6 Å². The van der Waals surface area contributed by atoms with Crippen LogP contribution in [0.5, 0.6) is 0 Å². The lowest BCUT2D eigenvalue weighted by atomic mass is 10.2. The Morgan fingerprint density at radius 2 is 2.24 bits per heavy atom. The van der Waals surface area contributed by atoms with E-state index in [0.29, 0.717) is 0 Å². The molecule has 90 valence electrons. The number of carbonyl (C=O) groups excluding carboxylic acids is 1. The molecule has 1 aromatic carbocycles. The minimum absolute atomic E-state index is 0.336. The number of hydrogen-bond donors (Lipinski definition) is 1. The Hall–Kier alpha value is -1.88. The Bertz CT molecular complexity index is 574. The van der Waals surface area contributed by atoms with E-state index >= 15 is 0 Å². The molecule has 0 atom stereocenters.